The van der Waals surface area contributed by atoms with Gasteiger partial charge in [0, 0.05) is 0 Å². The van der Waals surface area contributed by atoms with Crippen molar-refractivity contribution in [3.8, 4) is 11.5 Å². The van der Waals surface area contributed by atoms with Gasteiger partial charge in [0.1, 0.15) is 11.5 Å². The van der Waals surface area contributed by atoms with E-state index in [0.29, 0.717) is 0 Å². The van der Waals surface area contributed by atoms with E-state index in [0.717, 1.165) is 73.9 Å². The van der Waals surface area contributed by atoms with Crippen LogP contribution in [0.15, 0.2) is 58.8 Å². The van der Waals surface area contributed by atoms with Gasteiger partial charge in [-0.05, 0) is 80.0 Å². The van der Waals surface area contributed by atoms with Gasteiger partial charge in [-0.2, -0.15) is 22.9 Å². The average Bonchev–Trinajstić information content (AvgIpc) is 2.68. The molecule has 0 N–H and O–H groups in total. The zero-order chi connectivity index (χ0) is 18.5. The molecule has 0 saturated carbocycles. The Labute approximate surface area is 162 Å². The van der Waals surface area contributed by atoms with Crippen molar-refractivity contribution >= 4 is 24.0 Å². The van der Waals surface area contributed by atoms with Gasteiger partial charge in [0.05, 0.1) is 24.6 Å². The maximum absolute atomic E-state index is 5.71. The minimum Gasteiger partial charge on any atom is -0.494 e. The Balaban J connectivity index is 1.78. The maximum atomic E-state index is 5.71. The van der Waals surface area contributed by atoms with Crippen molar-refractivity contribution in [1.82, 2.24) is 0 Å². The standard InChI is InChI=1S/C21H28N2O2S/c1-2-3-15-24-20-11-7-18(8-12-20)22-23-19-9-13-21(14-10-19)25-16-5-4-6-17-26/h7-14,26H,2-6,15-17H2,1H3. The van der Waals surface area contributed by atoms with Crippen LogP contribution in [-0.4, -0.2) is 19.0 Å². The van der Waals surface area contributed by atoms with Crippen molar-refractivity contribution in [3.63, 3.8) is 0 Å². The molecule has 4 nitrogen and oxygen atoms in total. The molecule has 2 aromatic rings. The van der Waals surface area contributed by atoms with E-state index in [-0.39, 0.29) is 0 Å². The molecule has 0 radical (unpaired) electrons. The predicted molar refractivity (Wildman–Crippen MR) is 111 cm³/mol. The highest BCUT2D eigenvalue weighted by molar-refractivity contribution is 7.80. The molecule has 0 amide bonds. The summed E-state index contributed by atoms with van der Waals surface area (Å²) in [5.74, 6) is 2.67. The number of unbranched alkanes of at least 4 members (excludes halogenated alkanes) is 3. The summed E-state index contributed by atoms with van der Waals surface area (Å²) < 4.78 is 11.4. The van der Waals surface area contributed by atoms with Gasteiger partial charge < -0.3 is 9.47 Å². The first kappa shape index (κ1) is 20.3. The topological polar surface area (TPSA) is 43.2 Å². The molecule has 0 saturated heterocycles. The summed E-state index contributed by atoms with van der Waals surface area (Å²) in [7, 11) is 0. The number of azo groups is 1. The summed E-state index contributed by atoms with van der Waals surface area (Å²) in [5, 5.41) is 8.52. The molecule has 0 aliphatic carbocycles. The third kappa shape index (κ3) is 7.91. The maximum Gasteiger partial charge on any atom is 0.119 e. The highest BCUT2D eigenvalue weighted by Crippen LogP contribution is 2.23. The van der Waals surface area contributed by atoms with E-state index in [1.165, 1.54) is 0 Å². The van der Waals surface area contributed by atoms with Gasteiger partial charge in [-0.25, -0.2) is 0 Å². The fourth-order valence-corrected chi connectivity index (χ4v) is 2.47. The van der Waals surface area contributed by atoms with Gasteiger partial charge in [-0.1, -0.05) is 13.3 Å². The summed E-state index contributed by atoms with van der Waals surface area (Å²) >= 11 is 4.21. The molecule has 0 aliphatic heterocycles. The van der Waals surface area contributed by atoms with Crippen LogP contribution in [0.25, 0.3) is 0 Å². The second-order valence-electron chi connectivity index (χ2n) is 6.02. The molecule has 5 heteroatoms. The number of rotatable bonds is 12. The molecule has 0 atom stereocenters. The van der Waals surface area contributed by atoms with Gasteiger partial charge in [-0.3, -0.25) is 0 Å². The van der Waals surface area contributed by atoms with Crippen LogP contribution in [-0.2, 0) is 0 Å². The van der Waals surface area contributed by atoms with Crippen LogP contribution in [0.1, 0.15) is 39.0 Å². The predicted octanol–water partition coefficient (Wildman–Crippen LogP) is 6.76. The number of hydrogen-bond donors (Lipinski definition) is 1. The lowest BCUT2D eigenvalue weighted by Gasteiger charge is -2.05. The molecule has 0 fully saturated rings. The third-order valence-corrected chi connectivity index (χ3v) is 4.11. The first-order valence-electron chi connectivity index (χ1n) is 9.30. The summed E-state index contributed by atoms with van der Waals surface area (Å²) in [6.07, 6.45) is 5.54. The second-order valence-corrected chi connectivity index (χ2v) is 6.47. The van der Waals surface area contributed by atoms with Crippen molar-refractivity contribution in [3.05, 3.63) is 48.5 Å². The smallest absolute Gasteiger partial charge is 0.119 e. The van der Waals surface area contributed by atoms with E-state index in [1.54, 1.807) is 0 Å². The quantitative estimate of drug-likeness (QED) is 0.254. The summed E-state index contributed by atoms with van der Waals surface area (Å²) in [4.78, 5) is 0. The lowest BCUT2D eigenvalue weighted by atomic mass is 10.2. The molecular formula is C21H28N2O2S. The number of hydrogen-bond acceptors (Lipinski definition) is 5. The van der Waals surface area contributed by atoms with E-state index in [9.17, 15) is 0 Å². The molecule has 0 bridgehead atoms. The number of nitrogens with zero attached hydrogens (tertiary/aromatic N) is 2. The molecule has 0 aromatic heterocycles. The molecule has 0 aliphatic rings. The van der Waals surface area contributed by atoms with Gasteiger partial charge in [-0.15, -0.1) is 0 Å². The summed E-state index contributed by atoms with van der Waals surface area (Å²) in [6.45, 7) is 3.64. The molecule has 0 heterocycles. The molecular weight excluding hydrogens is 344 g/mol. The number of benzene rings is 2. The van der Waals surface area contributed by atoms with E-state index >= 15 is 0 Å². The fraction of sp³-hybridized carbons (Fsp3) is 0.429. The van der Waals surface area contributed by atoms with E-state index in [2.05, 4.69) is 29.8 Å². The van der Waals surface area contributed by atoms with Crippen LogP contribution >= 0.6 is 12.6 Å². The normalized spacial score (nSPS) is 11.0. The molecule has 2 aromatic carbocycles. The number of thiol groups is 1. The SMILES string of the molecule is CCCCOc1ccc(N=Nc2ccc(OCCCCCS)cc2)cc1. The lowest BCUT2D eigenvalue weighted by molar-refractivity contribution is 0.306. The molecule has 140 valence electrons. The Morgan fingerprint density at radius 2 is 1.19 bits per heavy atom. The van der Waals surface area contributed by atoms with Crippen LogP contribution in [0.2, 0.25) is 0 Å². The zero-order valence-corrected chi connectivity index (χ0v) is 16.3. The lowest BCUT2D eigenvalue weighted by Crippen LogP contribution is -1.96. The Bertz CT molecular complexity index is 642. The van der Waals surface area contributed by atoms with E-state index in [4.69, 9.17) is 9.47 Å². The summed E-state index contributed by atoms with van der Waals surface area (Å²) in [6, 6.07) is 15.3. The largest absolute Gasteiger partial charge is 0.494 e. The Morgan fingerprint density at radius 1 is 0.692 bits per heavy atom. The Morgan fingerprint density at radius 3 is 1.65 bits per heavy atom. The highest BCUT2D eigenvalue weighted by atomic mass is 32.1. The van der Waals surface area contributed by atoms with E-state index in [1.807, 2.05) is 48.5 Å². The van der Waals surface area contributed by atoms with Crippen molar-refractivity contribution < 1.29 is 9.47 Å². The molecule has 0 unspecified atom stereocenters. The van der Waals surface area contributed by atoms with Gasteiger partial charge in [0.15, 0.2) is 0 Å². The minimum absolute atomic E-state index is 0.737. The first-order valence-corrected chi connectivity index (χ1v) is 9.93. The van der Waals surface area contributed by atoms with Crippen molar-refractivity contribution in [2.75, 3.05) is 19.0 Å². The van der Waals surface area contributed by atoms with Gasteiger partial charge in [0.25, 0.3) is 0 Å². The van der Waals surface area contributed by atoms with Crippen molar-refractivity contribution in [2.24, 2.45) is 10.2 Å². The first-order chi connectivity index (χ1) is 12.8. The second kappa shape index (κ2) is 12.4. The Hall–Kier alpha value is -2.01. The Kier molecular flexibility index (Phi) is 9.65. The van der Waals surface area contributed by atoms with Gasteiger partial charge in [0.2, 0.25) is 0 Å². The molecule has 26 heavy (non-hydrogen) atoms. The highest BCUT2D eigenvalue weighted by Gasteiger charge is 1.97. The molecule has 2 rings (SSSR count). The molecule has 0 spiro atoms. The number of ether oxygens (including phenoxy) is 2. The average molecular weight is 373 g/mol. The van der Waals surface area contributed by atoms with Crippen molar-refractivity contribution in [2.45, 2.75) is 39.0 Å². The summed E-state index contributed by atoms with van der Waals surface area (Å²) in [5.41, 5.74) is 1.60. The zero-order valence-electron chi connectivity index (χ0n) is 15.4. The van der Waals surface area contributed by atoms with E-state index < -0.39 is 0 Å². The van der Waals surface area contributed by atoms with Crippen LogP contribution in [0.5, 0.6) is 11.5 Å². The third-order valence-electron chi connectivity index (χ3n) is 3.79. The van der Waals surface area contributed by atoms with Crippen LogP contribution in [0.3, 0.4) is 0 Å². The van der Waals surface area contributed by atoms with Crippen LogP contribution < -0.4 is 9.47 Å². The van der Waals surface area contributed by atoms with Gasteiger partial charge >= 0.3 is 0 Å². The van der Waals surface area contributed by atoms with Crippen LogP contribution in [0, 0.1) is 0 Å². The van der Waals surface area contributed by atoms with Crippen LogP contribution in [0.4, 0.5) is 11.4 Å². The van der Waals surface area contributed by atoms with Crippen molar-refractivity contribution in [1.29, 1.82) is 0 Å². The monoisotopic (exact) mass is 372 g/mol. The fourth-order valence-electron chi connectivity index (χ4n) is 2.25. The minimum atomic E-state index is 0.737.